The summed E-state index contributed by atoms with van der Waals surface area (Å²) in [6.45, 7) is 2.96. The van der Waals surface area contributed by atoms with Gasteiger partial charge in [-0.15, -0.1) is 0 Å². The summed E-state index contributed by atoms with van der Waals surface area (Å²) in [4.78, 5) is 26.1. The monoisotopic (exact) mass is 711 g/mol. The molecule has 0 aliphatic rings. The minimum absolute atomic E-state index is 0.246. The normalized spacial score (nSPS) is 11.4. The highest BCUT2D eigenvalue weighted by Crippen LogP contribution is 2.30. The topological polar surface area (TPSA) is 92.8 Å². The number of alkyl halides is 3. The largest absolute Gasteiger partial charge is 0.493 e. The van der Waals surface area contributed by atoms with Crippen LogP contribution in [-0.4, -0.2) is 84.3 Å². The first-order chi connectivity index (χ1) is 24.1. The number of hydrogen-bond donors (Lipinski definition) is 0. The van der Waals surface area contributed by atoms with Crippen LogP contribution in [0.3, 0.4) is 0 Å². The quantitative estimate of drug-likeness (QED) is 0.0665. The van der Waals surface area contributed by atoms with Crippen LogP contribution in [0, 0.1) is 0 Å². The molecule has 2 rings (SSSR count). The van der Waals surface area contributed by atoms with Gasteiger partial charge in [0, 0.05) is 19.5 Å². The summed E-state index contributed by atoms with van der Waals surface area (Å²) in [6.07, 6.45) is 8.46. The molecule has 2 aromatic carbocycles. The first-order valence-electron chi connectivity index (χ1n) is 17.7. The Labute approximate surface area is 295 Å². The summed E-state index contributed by atoms with van der Waals surface area (Å²) >= 11 is 0. The second-order valence-corrected chi connectivity index (χ2v) is 12.2. The van der Waals surface area contributed by atoms with Crippen molar-refractivity contribution in [2.75, 3.05) is 61.3 Å². The Morgan fingerprint density at radius 3 is 1.28 bits per heavy atom. The van der Waals surface area contributed by atoms with E-state index in [1.54, 1.807) is 36.4 Å². The van der Waals surface area contributed by atoms with Gasteiger partial charge in [-0.3, -0.25) is 4.90 Å². The van der Waals surface area contributed by atoms with Crippen molar-refractivity contribution in [1.29, 1.82) is 0 Å². The standard InChI is InChI=1S/C38H56F3NO8/c1-45-34-28-30(36(43)47-3)18-20-32(34)49-26-24-42(25-27-50-33-21-19-31(37(44)48-4)29-35(33)46-2)23-17-15-13-11-9-7-5-6-8-10-12-14-16-22-38(39,40)41/h18-21,28-29H,5-17,22-27H2,1-4H3. The minimum atomic E-state index is -4.03. The molecule has 0 unspecified atom stereocenters. The lowest BCUT2D eigenvalue weighted by atomic mass is 10.0. The lowest BCUT2D eigenvalue weighted by Gasteiger charge is -2.23. The van der Waals surface area contributed by atoms with Crippen LogP contribution in [-0.2, 0) is 9.47 Å². The number of esters is 2. The molecule has 0 aromatic heterocycles. The molecule has 0 radical (unpaired) electrons. The van der Waals surface area contributed by atoms with Gasteiger partial charge in [-0.25, -0.2) is 9.59 Å². The molecule has 0 fully saturated rings. The van der Waals surface area contributed by atoms with Crippen molar-refractivity contribution in [3.8, 4) is 23.0 Å². The molecule has 0 heterocycles. The molecular formula is C38H56F3NO8. The number of carbonyl (C=O) groups is 2. The first kappa shape index (κ1) is 42.5. The van der Waals surface area contributed by atoms with Gasteiger partial charge in [-0.05, 0) is 55.8 Å². The van der Waals surface area contributed by atoms with Gasteiger partial charge in [0.1, 0.15) is 13.2 Å². The molecule has 0 saturated carbocycles. The minimum Gasteiger partial charge on any atom is -0.493 e. The number of methoxy groups -OCH3 is 4. The molecule has 9 nitrogen and oxygen atoms in total. The molecule has 0 aliphatic heterocycles. The summed E-state index contributed by atoms with van der Waals surface area (Å²) in [5.41, 5.74) is 0.754. The molecule has 2 aromatic rings. The molecule has 12 heteroatoms. The van der Waals surface area contributed by atoms with Gasteiger partial charge in [0.05, 0.1) is 39.6 Å². The van der Waals surface area contributed by atoms with Crippen LogP contribution in [0.5, 0.6) is 23.0 Å². The Morgan fingerprint density at radius 1 is 0.540 bits per heavy atom. The third-order valence-corrected chi connectivity index (χ3v) is 8.43. The predicted molar refractivity (Wildman–Crippen MR) is 187 cm³/mol. The van der Waals surface area contributed by atoms with Crippen molar-refractivity contribution >= 4 is 11.9 Å². The van der Waals surface area contributed by atoms with E-state index in [-0.39, 0.29) is 6.42 Å². The van der Waals surface area contributed by atoms with Crippen LogP contribution in [0.4, 0.5) is 13.2 Å². The highest BCUT2D eigenvalue weighted by atomic mass is 19.4. The van der Waals surface area contributed by atoms with Crippen molar-refractivity contribution in [2.45, 2.75) is 96.1 Å². The van der Waals surface area contributed by atoms with Gasteiger partial charge in [0.25, 0.3) is 0 Å². The van der Waals surface area contributed by atoms with Gasteiger partial charge in [0.2, 0.25) is 0 Å². The maximum atomic E-state index is 12.2. The lowest BCUT2D eigenvalue weighted by molar-refractivity contribution is -0.135. The summed E-state index contributed by atoms with van der Waals surface area (Å²) in [5.74, 6) is 1.06. The molecule has 0 spiro atoms. The number of halogens is 3. The maximum Gasteiger partial charge on any atom is 0.389 e. The van der Waals surface area contributed by atoms with Gasteiger partial charge in [-0.2, -0.15) is 13.2 Å². The molecule has 0 bridgehead atoms. The highest BCUT2D eigenvalue weighted by Gasteiger charge is 2.25. The Kier molecular flexibility index (Phi) is 20.8. The van der Waals surface area contributed by atoms with E-state index in [4.69, 9.17) is 28.4 Å². The SMILES string of the molecule is COC(=O)c1ccc(OCCN(CCCCCCCCCCCCCCCC(F)(F)F)CCOc2ccc(C(=O)OC)cc2OC)c(OC)c1. The fourth-order valence-corrected chi connectivity index (χ4v) is 5.57. The molecule has 50 heavy (non-hydrogen) atoms. The second kappa shape index (κ2) is 24.5. The van der Waals surface area contributed by atoms with Crippen molar-refractivity contribution in [3.05, 3.63) is 47.5 Å². The summed E-state index contributed by atoms with van der Waals surface area (Å²) in [5, 5.41) is 0. The number of nitrogens with zero attached hydrogens (tertiary/aromatic N) is 1. The van der Waals surface area contributed by atoms with E-state index in [2.05, 4.69) is 4.90 Å². The van der Waals surface area contributed by atoms with Crippen LogP contribution in [0.25, 0.3) is 0 Å². The summed E-state index contributed by atoms with van der Waals surface area (Å²) < 4.78 is 69.2. The zero-order valence-corrected chi connectivity index (χ0v) is 30.2. The van der Waals surface area contributed by atoms with Crippen LogP contribution in [0.15, 0.2) is 36.4 Å². The fourth-order valence-electron chi connectivity index (χ4n) is 5.57. The number of carbonyl (C=O) groups excluding carboxylic acids is 2. The van der Waals surface area contributed by atoms with Gasteiger partial charge >= 0.3 is 18.1 Å². The zero-order valence-electron chi connectivity index (χ0n) is 30.2. The van der Waals surface area contributed by atoms with E-state index in [1.807, 2.05) is 0 Å². The lowest BCUT2D eigenvalue weighted by Crippen LogP contribution is -2.33. The fraction of sp³-hybridized carbons (Fsp3) is 0.632. The van der Waals surface area contributed by atoms with Crippen LogP contribution < -0.4 is 18.9 Å². The second-order valence-electron chi connectivity index (χ2n) is 12.2. The molecule has 0 atom stereocenters. The highest BCUT2D eigenvalue weighted by molar-refractivity contribution is 5.90. The Balaban J connectivity index is 1.77. The van der Waals surface area contributed by atoms with E-state index in [0.29, 0.717) is 66.8 Å². The number of rotatable bonds is 27. The van der Waals surface area contributed by atoms with Gasteiger partial charge < -0.3 is 28.4 Å². The third kappa shape index (κ3) is 17.3. The van der Waals surface area contributed by atoms with E-state index < -0.39 is 24.5 Å². The molecule has 0 saturated heterocycles. The van der Waals surface area contributed by atoms with E-state index in [0.717, 1.165) is 51.5 Å². The van der Waals surface area contributed by atoms with Crippen LogP contribution in [0.2, 0.25) is 0 Å². The van der Waals surface area contributed by atoms with E-state index in [1.165, 1.54) is 54.1 Å². The van der Waals surface area contributed by atoms with Crippen molar-refractivity contribution in [3.63, 3.8) is 0 Å². The van der Waals surface area contributed by atoms with Crippen molar-refractivity contribution < 1.29 is 51.2 Å². The Bertz CT molecular complexity index is 1180. The average molecular weight is 712 g/mol. The smallest absolute Gasteiger partial charge is 0.389 e. The number of unbranched alkanes of at least 4 members (excludes halogenated alkanes) is 12. The predicted octanol–water partition coefficient (Wildman–Crippen LogP) is 9.06. The van der Waals surface area contributed by atoms with Crippen molar-refractivity contribution in [2.24, 2.45) is 0 Å². The van der Waals surface area contributed by atoms with Crippen LogP contribution >= 0.6 is 0 Å². The van der Waals surface area contributed by atoms with E-state index in [9.17, 15) is 22.8 Å². The third-order valence-electron chi connectivity index (χ3n) is 8.43. The molecule has 282 valence electrons. The van der Waals surface area contributed by atoms with E-state index >= 15 is 0 Å². The Morgan fingerprint density at radius 2 is 0.920 bits per heavy atom. The molecule has 0 aliphatic carbocycles. The molecule has 0 N–H and O–H groups in total. The molecule has 0 amide bonds. The first-order valence-corrected chi connectivity index (χ1v) is 17.7. The summed E-state index contributed by atoms with van der Waals surface area (Å²) in [6, 6.07) is 9.87. The molecular weight excluding hydrogens is 655 g/mol. The summed E-state index contributed by atoms with van der Waals surface area (Å²) in [7, 11) is 5.70. The van der Waals surface area contributed by atoms with Crippen LogP contribution in [0.1, 0.15) is 111 Å². The van der Waals surface area contributed by atoms with Gasteiger partial charge in [0.15, 0.2) is 23.0 Å². The number of hydrogen-bond acceptors (Lipinski definition) is 9. The van der Waals surface area contributed by atoms with Crippen molar-refractivity contribution in [1.82, 2.24) is 4.90 Å². The number of benzene rings is 2. The Hall–Kier alpha value is -3.67. The average Bonchev–Trinajstić information content (AvgIpc) is 3.11. The number of ether oxygens (including phenoxy) is 6. The van der Waals surface area contributed by atoms with Gasteiger partial charge in [-0.1, -0.05) is 70.6 Å². The maximum absolute atomic E-state index is 12.2. The zero-order chi connectivity index (χ0) is 36.6.